The van der Waals surface area contributed by atoms with E-state index < -0.39 is 0 Å². The monoisotopic (exact) mass is 309 g/mol. The van der Waals surface area contributed by atoms with E-state index in [2.05, 4.69) is 0 Å². The van der Waals surface area contributed by atoms with Crippen LogP contribution in [0.2, 0.25) is 0 Å². The third-order valence-corrected chi connectivity index (χ3v) is 4.05. The van der Waals surface area contributed by atoms with Crippen molar-refractivity contribution in [2.75, 3.05) is 18.1 Å². The van der Waals surface area contributed by atoms with E-state index in [4.69, 9.17) is 4.74 Å². The maximum atomic E-state index is 12.3. The molecule has 2 aromatic carbocycles. The van der Waals surface area contributed by atoms with Gasteiger partial charge in [0.05, 0.1) is 0 Å². The first-order valence-corrected chi connectivity index (χ1v) is 7.83. The molecular formula is C19H19NO3. The second kappa shape index (κ2) is 6.65. The fourth-order valence-corrected chi connectivity index (χ4v) is 2.76. The first-order valence-electron chi connectivity index (χ1n) is 7.83. The minimum Gasteiger partial charge on any atom is -0.484 e. The van der Waals surface area contributed by atoms with Gasteiger partial charge < -0.3 is 9.64 Å². The van der Waals surface area contributed by atoms with Crippen molar-refractivity contribution in [2.24, 2.45) is 0 Å². The van der Waals surface area contributed by atoms with Crippen LogP contribution in [-0.4, -0.2) is 24.8 Å². The predicted octanol–water partition coefficient (Wildman–Crippen LogP) is 3.25. The van der Waals surface area contributed by atoms with Crippen molar-refractivity contribution in [1.29, 1.82) is 0 Å². The van der Waals surface area contributed by atoms with Gasteiger partial charge in [0.15, 0.2) is 12.4 Å². The Bertz CT molecular complexity index is 722. The minimum absolute atomic E-state index is 0.00456. The molecule has 0 saturated heterocycles. The molecule has 4 nitrogen and oxygen atoms in total. The number of benzene rings is 2. The Hall–Kier alpha value is -2.62. The van der Waals surface area contributed by atoms with E-state index in [0.29, 0.717) is 24.3 Å². The fourth-order valence-electron chi connectivity index (χ4n) is 2.76. The van der Waals surface area contributed by atoms with Gasteiger partial charge in [0.25, 0.3) is 5.91 Å². The number of rotatable bonds is 5. The molecule has 0 spiro atoms. The van der Waals surface area contributed by atoms with Crippen LogP contribution in [0.5, 0.6) is 5.75 Å². The molecule has 3 rings (SSSR count). The first-order chi connectivity index (χ1) is 11.2. The number of Topliss-reactive ketones (excluding diaryl/α,β-unsaturated/α-hetero) is 1. The molecule has 1 aliphatic heterocycles. The highest BCUT2D eigenvalue weighted by Crippen LogP contribution is 2.27. The van der Waals surface area contributed by atoms with Gasteiger partial charge in [0.2, 0.25) is 0 Å². The molecule has 118 valence electrons. The smallest absolute Gasteiger partial charge is 0.264 e. The van der Waals surface area contributed by atoms with Crippen molar-refractivity contribution in [2.45, 2.75) is 19.8 Å². The number of ketones is 1. The fraction of sp³-hybridized carbons (Fsp3) is 0.263. The number of fused-ring (bicyclic) bond motifs is 1. The molecule has 1 heterocycles. The van der Waals surface area contributed by atoms with E-state index in [1.807, 2.05) is 31.2 Å². The molecule has 0 bridgehead atoms. The molecule has 23 heavy (non-hydrogen) atoms. The van der Waals surface area contributed by atoms with Crippen molar-refractivity contribution < 1.29 is 14.3 Å². The highest BCUT2D eigenvalue weighted by atomic mass is 16.5. The molecule has 0 aliphatic carbocycles. The Labute approximate surface area is 135 Å². The minimum atomic E-state index is -0.0522. The SMILES string of the molecule is CCC(=O)c1ccc(OCC(=O)N2CCc3ccccc32)cc1. The maximum absolute atomic E-state index is 12.3. The summed E-state index contributed by atoms with van der Waals surface area (Å²) >= 11 is 0. The number of hydrogen-bond donors (Lipinski definition) is 0. The molecule has 1 amide bonds. The lowest BCUT2D eigenvalue weighted by molar-refractivity contribution is -0.120. The first kappa shape index (κ1) is 15.3. The molecule has 0 radical (unpaired) electrons. The molecule has 1 aliphatic rings. The number of amides is 1. The van der Waals surface area contributed by atoms with Gasteiger partial charge in [-0.05, 0) is 42.3 Å². The van der Waals surface area contributed by atoms with E-state index >= 15 is 0 Å². The van der Waals surface area contributed by atoms with E-state index in [0.717, 1.165) is 12.1 Å². The highest BCUT2D eigenvalue weighted by molar-refractivity contribution is 5.97. The summed E-state index contributed by atoms with van der Waals surface area (Å²) in [5.41, 5.74) is 2.84. The quantitative estimate of drug-likeness (QED) is 0.797. The van der Waals surface area contributed by atoms with Crippen LogP contribution in [0.3, 0.4) is 0 Å². The molecule has 0 N–H and O–H groups in total. The summed E-state index contributed by atoms with van der Waals surface area (Å²) in [7, 11) is 0. The van der Waals surface area contributed by atoms with Gasteiger partial charge in [-0.3, -0.25) is 9.59 Å². The third-order valence-electron chi connectivity index (χ3n) is 4.05. The number of hydrogen-bond acceptors (Lipinski definition) is 3. The van der Waals surface area contributed by atoms with E-state index in [-0.39, 0.29) is 18.3 Å². The number of carbonyl (C=O) groups is 2. The molecular weight excluding hydrogens is 290 g/mol. The average Bonchev–Trinajstić information content (AvgIpc) is 3.03. The lowest BCUT2D eigenvalue weighted by atomic mass is 10.1. The van der Waals surface area contributed by atoms with Crippen molar-refractivity contribution in [3.8, 4) is 5.75 Å². The number of ether oxygens (including phenoxy) is 1. The van der Waals surface area contributed by atoms with Crippen LogP contribution < -0.4 is 9.64 Å². The van der Waals surface area contributed by atoms with Crippen LogP contribution in [0.25, 0.3) is 0 Å². The molecule has 0 saturated carbocycles. The second-order valence-electron chi connectivity index (χ2n) is 5.51. The zero-order valence-electron chi connectivity index (χ0n) is 13.1. The van der Waals surface area contributed by atoms with Gasteiger partial charge >= 0.3 is 0 Å². The lowest BCUT2D eigenvalue weighted by Crippen LogP contribution is -2.33. The van der Waals surface area contributed by atoms with Crippen LogP contribution in [0.1, 0.15) is 29.3 Å². The summed E-state index contributed by atoms with van der Waals surface area (Å²) in [5.74, 6) is 0.642. The number of para-hydroxylation sites is 1. The van der Waals surface area contributed by atoms with Gasteiger partial charge in [0.1, 0.15) is 5.75 Å². The van der Waals surface area contributed by atoms with Gasteiger partial charge in [-0.1, -0.05) is 25.1 Å². The Balaban J connectivity index is 1.61. The number of carbonyl (C=O) groups excluding carboxylic acids is 2. The van der Waals surface area contributed by atoms with Crippen LogP contribution >= 0.6 is 0 Å². The zero-order valence-corrected chi connectivity index (χ0v) is 13.1. The van der Waals surface area contributed by atoms with Gasteiger partial charge in [0, 0.05) is 24.2 Å². The topological polar surface area (TPSA) is 46.6 Å². The Morgan fingerprint density at radius 2 is 1.83 bits per heavy atom. The number of nitrogens with zero attached hydrogens (tertiary/aromatic N) is 1. The highest BCUT2D eigenvalue weighted by Gasteiger charge is 2.24. The van der Waals surface area contributed by atoms with Crippen molar-refractivity contribution in [3.05, 3.63) is 59.7 Å². The van der Waals surface area contributed by atoms with Crippen LogP contribution in [0.4, 0.5) is 5.69 Å². The van der Waals surface area contributed by atoms with Crippen molar-refractivity contribution in [1.82, 2.24) is 0 Å². The largest absolute Gasteiger partial charge is 0.484 e. The summed E-state index contributed by atoms with van der Waals surface area (Å²) in [5, 5.41) is 0. The van der Waals surface area contributed by atoms with Gasteiger partial charge in [-0.2, -0.15) is 0 Å². The molecule has 4 heteroatoms. The van der Waals surface area contributed by atoms with Crippen LogP contribution in [0.15, 0.2) is 48.5 Å². The van der Waals surface area contributed by atoms with Gasteiger partial charge in [-0.15, -0.1) is 0 Å². The summed E-state index contributed by atoms with van der Waals surface area (Å²) in [6, 6.07) is 14.9. The molecule has 0 unspecified atom stereocenters. The lowest BCUT2D eigenvalue weighted by Gasteiger charge is -2.17. The van der Waals surface area contributed by atoms with E-state index in [1.54, 1.807) is 29.2 Å². The van der Waals surface area contributed by atoms with E-state index in [9.17, 15) is 9.59 Å². The number of anilines is 1. The van der Waals surface area contributed by atoms with Crippen molar-refractivity contribution in [3.63, 3.8) is 0 Å². The Morgan fingerprint density at radius 3 is 2.57 bits per heavy atom. The Morgan fingerprint density at radius 1 is 1.09 bits per heavy atom. The van der Waals surface area contributed by atoms with Crippen LogP contribution in [0, 0.1) is 0 Å². The van der Waals surface area contributed by atoms with Crippen LogP contribution in [-0.2, 0) is 11.2 Å². The summed E-state index contributed by atoms with van der Waals surface area (Å²) in [6.45, 7) is 2.53. The van der Waals surface area contributed by atoms with Crippen molar-refractivity contribution >= 4 is 17.4 Å². The molecule has 0 atom stereocenters. The van der Waals surface area contributed by atoms with E-state index in [1.165, 1.54) is 5.56 Å². The zero-order chi connectivity index (χ0) is 16.2. The molecule has 0 aromatic heterocycles. The summed E-state index contributed by atoms with van der Waals surface area (Å²) < 4.78 is 5.56. The predicted molar refractivity (Wildman–Crippen MR) is 89.1 cm³/mol. The molecule has 2 aromatic rings. The van der Waals surface area contributed by atoms with Gasteiger partial charge in [-0.25, -0.2) is 0 Å². The summed E-state index contributed by atoms with van der Waals surface area (Å²) in [4.78, 5) is 25.7. The average molecular weight is 309 g/mol. The Kier molecular flexibility index (Phi) is 4.42. The normalized spacial score (nSPS) is 12.8. The standard InChI is InChI=1S/C19H19NO3/c1-2-18(21)15-7-9-16(10-8-15)23-13-19(22)20-12-11-14-5-3-4-6-17(14)20/h3-10H,2,11-13H2,1H3. The summed E-state index contributed by atoms with van der Waals surface area (Å²) in [6.07, 6.45) is 1.36. The second-order valence-corrected chi connectivity index (χ2v) is 5.51. The third kappa shape index (κ3) is 3.26. The maximum Gasteiger partial charge on any atom is 0.264 e. The molecule has 0 fully saturated rings.